The van der Waals surface area contributed by atoms with E-state index in [1.165, 1.54) is 99.1 Å². The molecule has 0 amide bonds. The van der Waals surface area contributed by atoms with Crippen molar-refractivity contribution >= 4 is 32.3 Å². The van der Waals surface area contributed by atoms with Crippen LogP contribution in [0.25, 0.3) is 99.1 Å². The molecule has 0 spiro atoms. The van der Waals surface area contributed by atoms with E-state index in [0.717, 1.165) is 0 Å². The molecular weight excluding hydrogens is 649 g/mol. The van der Waals surface area contributed by atoms with Crippen LogP contribution in [0.2, 0.25) is 0 Å². The summed E-state index contributed by atoms with van der Waals surface area (Å²) in [6.45, 7) is 0. The summed E-state index contributed by atoms with van der Waals surface area (Å²) in [6.07, 6.45) is 0. The Balaban J connectivity index is 1.31. The molecule has 10 aromatic carbocycles. The van der Waals surface area contributed by atoms with E-state index in [-0.39, 0.29) is 0 Å². The Morgan fingerprint density at radius 2 is 0.574 bits per heavy atom. The normalized spacial score (nSPS) is 11.3. The summed E-state index contributed by atoms with van der Waals surface area (Å²) in [4.78, 5) is 0. The Morgan fingerprint density at radius 3 is 1.13 bits per heavy atom. The third-order valence-corrected chi connectivity index (χ3v) is 10.8. The second kappa shape index (κ2) is 13.5. The summed E-state index contributed by atoms with van der Waals surface area (Å²) >= 11 is 0. The van der Waals surface area contributed by atoms with Gasteiger partial charge in [-0.1, -0.05) is 194 Å². The summed E-state index contributed by atoms with van der Waals surface area (Å²) in [5, 5.41) is 7.46. The fourth-order valence-corrected chi connectivity index (χ4v) is 8.22. The molecular formula is C54H36. The van der Waals surface area contributed by atoms with Crippen LogP contribution < -0.4 is 0 Å². The number of hydrogen-bond donors (Lipinski definition) is 0. The molecule has 0 aromatic heterocycles. The Labute approximate surface area is 316 Å². The van der Waals surface area contributed by atoms with Gasteiger partial charge in [0.1, 0.15) is 0 Å². The summed E-state index contributed by atoms with van der Waals surface area (Å²) < 4.78 is 0. The molecule has 252 valence electrons. The van der Waals surface area contributed by atoms with Crippen LogP contribution >= 0.6 is 0 Å². The van der Waals surface area contributed by atoms with Crippen molar-refractivity contribution in [2.75, 3.05) is 0 Å². The van der Waals surface area contributed by atoms with Crippen LogP contribution in [0.3, 0.4) is 0 Å². The molecule has 0 heterocycles. The molecule has 0 radical (unpaired) electrons. The van der Waals surface area contributed by atoms with Crippen molar-refractivity contribution in [3.63, 3.8) is 0 Å². The summed E-state index contributed by atoms with van der Waals surface area (Å²) in [6, 6.07) is 79.9. The molecule has 0 aliphatic carbocycles. The highest BCUT2D eigenvalue weighted by Crippen LogP contribution is 2.48. The first-order valence-corrected chi connectivity index (χ1v) is 18.7. The lowest BCUT2D eigenvalue weighted by molar-refractivity contribution is 1.60. The van der Waals surface area contributed by atoms with Crippen molar-refractivity contribution in [3.8, 4) is 66.8 Å². The molecule has 0 saturated carbocycles. The van der Waals surface area contributed by atoms with Gasteiger partial charge >= 0.3 is 0 Å². The van der Waals surface area contributed by atoms with Gasteiger partial charge < -0.3 is 0 Å². The molecule has 10 aromatic rings. The molecule has 10 rings (SSSR count). The van der Waals surface area contributed by atoms with Crippen molar-refractivity contribution in [1.82, 2.24) is 0 Å². The van der Waals surface area contributed by atoms with Crippen LogP contribution in [-0.4, -0.2) is 0 Å². The quantitative estimate of drug-likeness (QED) is 0.153. The Kier molecular flexibility index (Phi) is 7.93. The van der Waals surface area contributed by atoms with Gasteiger partial charge in [-0.2, -0.15) is 0 Å². The van der Waals surface area contributed by atoms with E-state index >= 15 is 0 Å². The average molecular weight is 685 g/mol. The summed E-state index contributed by atoms with van der Waals surface area (Å²) in [5.74, 6) is 0. The minimum Gasteiger partial charge on any atom is -0.0622 e. The summed E-state index contributed by atoms with van der Waals surface area (Å²) in [7, 11) is 0. The summed E-state index contributed by atoms with van der Waals surface area (Å²) in [5.41, 5.74) is 14.7. The maximum absolute atomic E-state index is 2.43. The van der Waals surface area contributed by atoms with Gasteiger partial charge in [-0.25, -0.2) is 0 Å². The van der Waals surface area contributed by atoms with E-state index in [4.69, 9.17) is 0 Å². The Bertz CT molecular complexity index is 2930. The monoisotopic (exact) mass is 684 g/mol. The topological polar surface area (TPSA) is 0 Å². The van der Waals surface area contributed by atoms with E-state index in [9.17, 15) is 0 Å². The van der Waals surface area contributed by atoms with Crippen molar-refractivity contribution in [2.24, 2.45) is 0 Å². The van der Waals surface area contributed by atoms with Gasteiger partial charge in [-0.3, -0.25) is 0 Å². The van der Waals surface area contributed by atoms with E-state index in [1.807, 2.05) is 0 Å². The third kappa shape index (κ3) is 5.66. The van der Waals surface area contributed by atoms with Crippen LogP contribution in [0.5, 0.6) is 0 Å². The van der Waals surface area contributed by atoms with Gasteiger partial charge in [0, 0.05) is 0 Å². The van der Waals surface area contributed by atoms with Crippen molar-refractivity contribution in [3.05, 3.63) is 218 Å². The number of hydrogen-bond acceptors (Lipinski definition) is 0. The van der Waals surface area contributed by atoms with Crippen LogP contribution in [0.15, 0.2) is 218 Å². The molecule has 0 bridgehead atoms. The molecule has 0 nitrogen and oxygen atoms in total. The second-order valence-electron chi connectivity index (χ2n) is 14.1. The zero-order valence-corrected chi connectivity index (χ0v) is 29.8. The fraction of sp³-hybridized carbons (Fsp3) is 0. The van der Waals surface area contributed by atoms with Gasteiger partial charge in [0.05, 0.1) is 0 Å². The minimum absolute atomic E-state index is 1.20. The first-order valence-electron chi connectivity index (χ1n) is 18.7. The highest BCUT2D eigenvalue weighted by molar-refractivity contribution is 6.24. The highest BCUT2D eigenvalue weighted by Gasteiger charge is 2.20. The van der Waals surface area contributed by atoms with E-state index in [0.29, 0.717) is 0 Å². The zero-order valence-electron chi connectivity index (χ0n) is 29.8. The maximum atomic E-state index is 2.43. The standard InChI is InChI=1S/C54H36/c1-5-15-37(16-6-1)40-25-27-41(28-26-40)46-33-45-23-13-14-24-47(45)50(36-46)54-49-32-30-43(38-17-7-2-8-18-38)34-51(49)53(42-21-11-4-12-22-42)48-31-29-44(35-52(48)54)39-19-9-3-10-20-39/h1-36H. The van der Waals surface area contributed by atoms with Gasteiger partial charge in [-0.15, -0.1) is 0 Å². The molecule has 0 N–H and O–H groups in total. The van der Waals surface area contributed by atoms with Gasteiger partial charge in [0.2, 0.25) is 0 Å². The van der Waals surface area contributed by atoms with Gasteiger partial charge in [-0.05, 0) is 123 Å². The molecule has 0 atom stereocenters. The maximum Gasteiger partial charge on any atom is -0.00197 e. The lowest BCUT2D eigenvalue weighted by Crippen LogP contribution is -1.94. The minimum atomic E-state index is 1.20. The molecule has 0 saturated heterocycles. The molecule has 0 fully saturated rings. The predicted molar refractivity (Wildman–Crippen MR) is 232 cm³/mol. The second-order valence-corrected chi connectivity index (χ2v) is 14.1. The first-order chi connectivity index (χ1) is 26.8. The lowest BCUT2D eigenvalue weighted by atomic mass is 9.82. The van der Waals surface area contributed by atoms with Crippen LogP contribution in [0.4, 0.5) is 0 Å². The van der Waals surface area contributed by atoms with Gasteiger partial charge in [0.25, 0.3) is 0 Å². The first kappa shape index (κ1) is 31.7. The molecule has 0 aliphatic heterocycles. The van der Waals surface area contributed by atoms with E-state index in [2.05, 4.69) is 218 Å². The number of fused-ring (bicyclic) bond motifs is 3. The smallest absolute Gasteiger partial charge is 0.00197 e. The fourth-order valence-electron chi connectivity index (χ4n) is 8.22. The molecule has 0 unspecified atom stereocenters. The highest BCUT2D eigenvalue weighted by atomic mass is 14.2. The van der Waals surface area contributed by atoms with Crippen LogP contribution in [0, 0.1) is 0 Å². The van der Waals surface area contributed by atoms with Gasteiger partial charge in [0.15, 0.2) is 0 Å². The average Bonchev–Trinajstić information content (AvgIpc) is 3.26. The van der Waals surface area contributed by atoms with Crippen molar-refractivity contribution in [1.29, 1.82) is 0 Å². The SMILES string of the molecule is c1ccc(-c2ccc(-c3cc(-c4c5ccc(-c6ccccc6)cc5c(-c5ccccc5)c5ccc(-c6ccccc6)cc45)c4ccccc4c3)cc2)cc1. The molecule has 0 aliphatic rings. The molecule has 0 heteroatoms. The van der Waals surface area contributed by atoms with Crippen LogP contribution in [0.1, 0.15) is 0 Å². The Morgan fingerprint density at radius 1 is 0.185 bits per heavy atom. The largest absolute Gasteiger partial charge is 0.0622 e. The van der Waals surface area contributed by atoms with E-state index in [1.54, 1.807) is 0 Å². The van der Waals surface area contributed by atoms with E-state index < -0.39 is 0 Å². The van der Waals surface area contributed by atoms with Crippen LogP contribution in [-0.2, 0) is 0 Å². The predicted octanol–water partition coefficient (Wildman–Crippen LogP) is 15.1. The number of rotatable bonds is 6. The molecule has 54 heavy (non-hydrogen) atoms. The third-order valence-electron chi connectivity index (χ3n) is 10.8. The Hall–Kier alpha value is -7.02. The number of benzene rings is 10. The lowest BCUT2D eigenvalue weighted by Gasteiger charge is -2.21. The van der Waals surface area contributed by atoms with Crippen molar-refractivity contribution in [2.45, 2.75) is 0 Å². The zero-order chi connectivity index (χ0) is 35.8. The van der Waals surface area contributed by atoms with Crippen molar-refractivity contribution < 1.29 is 0 Å².